The molecule has 21 heavy (non-hydrogen) atoms. The van der Waals surface area contributed by atoms with Crippen molar-refractivity contribution in [2.45, 2.75) is 12.8 Å². The van der Waals surface area contributed by atoms with Gasteiger partial charge < -0.3 is 0 Å². The van der Waals surface area contributed by atoms with Crippen LogP contribution in [0.3, 0.4) is 0 Å². The molecule has 0 aliphatic heterocycles. The van der Waals surface area contributed by atoms with Gasteiger partial charge in [-0.3, -0.25) is 0 Å². The van der Waals surface area contributed by atoms with Crippen LogP contribution in [0.5, 0.6) is 0 Å². The molecule has 0 saturated carbocycles. The van der Waals surface area contributed by atoms with E-state index in [0.29, 0.717) is 12.1 Å². The van der Waals surface area contributed by atoms with E-state index < -0.39 is 10.0 Å². The second kappa shape index (κ2) is 6.37. The van der Waals surface area contributed by atoms with Crippen molar-refractivity contribution in [3.8, 4) is 11.1 Å². The van der Waals surface area contributed by atoms with Gasteiger partial charge in [-0.15, -0.1) is 0 Å². The van der Waals surface area contributed by atoms with Crippen LogP contribution in [-0.4, -0.2) is 21.2 Å². The van der Waals surface area contributed by atoms with Crippen LogP contribution < -0.4 is 4.72 Å². The van der Waals surface area contributed by atoms with E-state index >= 15 is 0 Å². The molecule has 0 saturated heterocycles. The zero-order valence-corrected chi connectivity index (χ0v) is 12.8. The molecule has 3 nitrogen and oxygen atoms in total. The fraction of sp³-hybridized carbons (Fsp3) is 0.250. The molecule has 5 heteroatoms. The molecular formula is C16H18FNO2S. The average molecular weight is 307 g/mol. The summed E-state index contributed by atoms with van der Waals surface area (Å²) in [6, 6.07) is 14.1. The lowest BCUT2D eigenvalue weighted by molar-refractivity contribution is 0.581. The molecule has 0 unspecified atom stereocenters. The third-order valence-electron chi connectivity index (χ3n) is 3.32. The third kappa shape index (κ3) is 4.37. The van der Waals surface area contributed by atoms with Gasteiger partial charge in [0.25, 0.3) is 0 Å². The number of rotatable bonds is 5. The van der Waals surface area contributed by atoms with Crippen LogP contribution in [0.15, 0.2) is 48.5 Å². The molecule has 0 amide bonds. The van der Waals surface area contributed by atoms with E-state index in [1.54, 1.807) is 18.2 Å². The monoisotopic (exact) mass is 307 g/mol. The minimum Gasteiger partial charge on any atom is -0.215 e. The Morgan fingerprint density at radius 3 is 2.29 bits per heavy atom. The Labute approximate surface area is 124 Å². The molecule has 0 spiro atoms. The van der Waals surface area contributed by atoms with Crippen LogP contribution in [0.4, 0.5) is 4.39 Å². The van der Waals surface area contributed by atoms with Gasteiger partial charge in [0.05, 0.1) is 6.26 Å². The predicted octanol–water partition coefficient (Wildman–Crippen LogP) is 3.15. The van der Waals surface area contributed by atoms with Gasteiger partial charge in [-0.05, 0) is 23.1 Å². The summed E-state index contributed by atoms with van der Waals surface area (Å²) in [6.07, 6.45) is 1.14. The van der Waals surface area contributed by atoms with E-state index in [2.05, 4.69) is 4.72 Å². The van der Waals surface area contributed by atoms with Crippen molar-refractivity contribution in [1.82, 2.24) is 4.72 Å². The summed E-state index contributed by atoms with van der Waals surface area (Å²) < 4.78 is 38.4. The summed E-state index contributed by atoms with van der Waals surface area (Å²) in [5.74, 6) is -0.202. The summed E-state index contributed by atoms with van der Waals surface area (Å²) in [4.78, 5) is 0. The van der Waals surface area contributed by atoms with E-state index in [1.165, 1.54) is 6.07 Å². The van der Waals surface area contributed by atoms with Gasteiger partial charge in [-0.25, -0.2) is 17.5 Å². The lowest BCUT2D eigenvalue weighted by atomic mass is 9.97. The molecule has 2 aromatic rings. The van der Waals surface area contributed by atoms with E-state index in [1.807, 2.05) is 31.2 Å². The number of benzene rings is 2. The highest BCUT2D eigenvalue weighted by Crippen LogP contribution is 2.24. The highest BCUT2D eigenvalue weighted by atomic mass is 32.2. The topological polar surface area (TPSA) is 46.2 Å². The largest absolute Gasteiger partial charge is 0.215 e. The van der Waals surface area contributed by atoms with Crippen molar-refractivity contribution < 1.29 is 12.8 Å². The SMILES string of the molecule is C[C@@H](CNS(C)(=O)=O)c1ccc(-c2ccccc2F)cc1. The molecule has 0 radical (unpaired) electrons. The van der Waals surface area contributed by atoms with Gasteiger partial charge >= 0.3 is 0 Å². The Morgan fingerprint density at radius 1 is 1.10 bits per heavy atom. The Balaban J connectivity index is 2.14. The Bertz CT molecular complexity index is 711. The van der Waals surface area contributed by atoms with Crippen LogP contribution in [0.25, 0.3) is 11.1 Å². The molecule has 112 valence electrons. The number of halogens is 1. The standard InChI is InChI=1S/C16H18FNO2S/c1-12(11-18-21(2,19)20)13-7-9-14(10-8-13)15-5-3-4-6-16(15)17/h3-10,12,18H,11H2,1-2H3/t12-/m0/s1. The van der Waals surface area contributed by atoms with Crippen LogP contribution in [0.1, 0.15) is 18.4 Å². The number of hydrogen-bond acceptors (Lipinski definition) is 2. The Morgan fingerprint density at radius 2 is 1.71 bits per heavy atom. The normalized spacial score (nSPS) is 13.1. The summed E-state index contributed by atoms with van der Waals surface area (Å²) in [5, 5.41) is 0. The van der Waals surface area contributed by atoms with Gasteiger partial charge in [0, 0.05) is 12.1 Å². The summed E-state index contributed by atoms with van der Waals surface area (Å²) in [7, 11) is -3.18. The molecule has 2 rings (SSSR count). The van der Waals surface area contributed by atoms with E-state index in [4.69, 9.17) is 0 Å². The number of sulfonamides is 1. The predicted molar refractivity (Wildman–Crippen MR) is 83.1 cm³/mol. The summed E-state index contributed by atoms with van der Waals surface area (Å²) in [6.45, 7) is 2.29. The lowest BCUT2D eigenvalue weighted by Gasteiger charge is -2.13. The maximum absolute atomic E-state index is 13.7. The number of hydrogen-bond donors (Lipinski definition) is 1. The Kier molecular flexibility index (Phi) is 4.75. The molecule has 0 bridgehead atoms. The fourth-order valence-corrected chi connectivity index (χ4v) is 2.63. The maximum Gasteiger partial charge on any atom is 0.208 e. The first-order chi connectivity index (χ1) is 9.87. The number of nitrogens with one attached hydrogen (secondary N) is 1. The van der Waals surface area contributed by atoms with Crippen molar-refractivity contribution in [2.24, 2.45) is 0 Å². The van der Waals surface area contributed by atoms with E-state index in [-0.39, 0.29) is 11.7 Å². The third-order valence-corrected chi connectivity index (χ3v) is 4.01. The van der Waals surface area contributed by atoms with Gasteiger partial charge in [0.1, 0.15) is 5.82 Å². The summed E-state index contributed by atoms with van der Waals surface area (Å²) in [5.41, 5.74) is 2.37. The molecule has 1 atom stereocenters. The van der Waals surface area contributed by atoms with Gasteiger partial charge in [-0.2, -0.15) is 0 Å². The van der Waals surface area contributed by atoms with Crippen LogP contribution >= 0.6 is 0 Å². The molecule has 0 aliphatic rings. The van der Waals surface area contributed by atoms with Crippen LogP contribution in [0.2, 0.25) is 0 Å². The van der Waals surface area contributed by atoms with Crippen molar-refractivity contribution >= 4 is 10.0 Å². The second-order valence-electron chi connectivity index (χ2n) is 5.12. The van der Waals surface area contributed by atoms with Gasteiger partial charge in [0.2, 0.25) is 10.0 Å². The van der Waals surface area contributed by atoms with Crippen molar-refractivity contribution in [3.63, 3.8) is 0 Å². The van der Waals surface area contributed by atoms with Gasteiger partial charge in [0.15, 0.2) is 0 Å². The first kappa shape index (κ1) is 15.7. The summed E-state index contributed by atoms with van der Waals surface area (Å²) >= 11 is 0. The quantitative estimate of drug-likeness (QED) is 0.922. The van der Waals surface area contributed by atoms with E-state index in [9.17, 15) is 12.8 Å². The second-order valence-corrected chi connectivity index (χ2v) is 6.96. The maximum atomic E-state index is 13.7. The van der Waals surface area contributed by atoms with Crippen LogP contribution in [0, 0.1) is 5.82 Å². The molecule has 0 fully saturated rings. The lowest BCUT2D eigenvalue weighted by Crippen LogP contribution is -2.26. The fourth-order valence-electron chi connectivity index (χ4n) is 2.08. The first-order valence-corrected chi connectivity index (χ1v) is 8.55. The molecular weight excluding hydrogens is 289 g/mol. The van der Waals surface area contributed by atoms with Crippen molar-refractivity contribution in [2.75, 3.05) is 12.8 Å². The van der Waals surface area contributed by atoms with Crippen molar-refractivity contribution in [1.29, 1.82) is 0 Å². The zero-order chi connectivity index (χ0) is 15.5. The molecule has 0 heterocycles. The highest BCUT2D eigenvalue weighted by molar-refractivity contribution is 7.88. The van der Waals surface area contributed by atoms with Crippen molar-refractivity contribution in [3.05, 3.63) is 59.9 Å². The molecule has 0 aromatic heterocycles. The minimum atomic E-state index is -3.18. The zero-order valence-electron chi connectivity index (χ0n) is 12.0. The van der Waals surface area contributed by atoms with Gasteiger partial charge in [-0.1, -0.05) is 49.4 Å². The molecule has 1 N–H and O–H groups in total. The molecule has 2 aromatic carbocycles. The minimum absolute atomic E-state index is 0.0504. The Hall–Kier alpha value is -1.72. The van der Waals surface area contributed by atoms with E-state index in [0.717, 1.165) is 17.4 Å². The smallest absolute Gasteiger partial charge is 0.208 e. The molecule has 0 aliphatic carbocycles. The average Bonchev–Trinajstić information content (AvgIpc) is 2.45. The first-order valence-electron chi connectivity index (χ1n) is 6.66. The van der Waals surface area contributed by atoms with Crippen LogP contribution in [-0.2, 0) is 10.0 Å². The highest BCUT2D eigenvalue weighted by Gasteiger charge is 2.10.